The Labute approximate surface area is 95.5 Å². The first-order chi connectivity index (χ1) is 7.77. The number of nitrogens with zero attached hydrogens (tertiary/aromatic N) is 2. The molecule has 0 bridgehead atoms. The first-order valence-corrected chi connectivity index (χ1v) is 4.68. The average molecular weight is 251 g/mol. The summed E-state index contributed by atoms with van der Waals surface area (Å²) < 4.78 is 43.8. The van der Waals surface area contributed by atoms with E-state index in [1.165, 1.54) is 21.1 Å². The number of amides is 1. The number of halogens is 3. The van der Waals surface area contributed by atoms with Gasteiger partial charge in [-0.15, -0.1) is 0 Å². The molecule has 0 saturated heterocycles. The fourth-order valence-electron chi connectivity index (χ4n) is 1.41. The van der Waals surface area contributed by atoms with Crippen molar-refractivity contribution in [1.29, 1.82) is 0 Å². The molecule has 0 radical (unpaired) electrons. The number of nitrogens with one attached hydrogen (secondary N) is 1. The number of hydrogen-bond donors (Lipinski definition) is 1. The van der Waals surface area contributed by atoms with Crippen LogP contribution in [0.5, 0.6) is 5.88 Å². The summed E-state index contributed by atoms with van der Waals surface area (Å²) in [4.78, 5) is 10.7. The molecule has 0 unspecified atom stereocenters. The van der Waals surface area contributed by atoms with E-state index in [0.29, 0.717) is 0 Å². The van der Waals surface area contributed by atoms with Crippen LogP contribution in [0.25, 0.3) is 0 Å². The molecule has 0 aromatic carbocycles. The van der Waals surface area contributed by atoms with Gasteiger partial charge in [0, 0.05) is 14.0 Å². The Morgan fingerprint density at radius 2 is 2.12 bits per heavy atom. The van der Waals surface area contributed by atoms with Crippen molar-refractivity contribution < 1.29 is 22.7 Å². The third-order valence-electron chi connectivity index (χ3n) is 2.06. The van der Waals surface area contributed by atoms with Gasteiger partial charge in [-0.2, -0.15) is 18.3 Å². The zero-order valence-corrected chi connectivity index (χ0v) is 9.55. The number of carbonyl (C=O) groups excluding carboxylic acids is 1. The minimum atomic E-state index is -4.58. The number of aromatic nitrogens is 2. The second kappa shape index (κ2) is 4.64. The highest BCUT2D eigenvalue weighted by Gasteiger charge is 2.39. The molecule has 1 aromatic rings. The van der Waals surface area contributed by atoms with E-state index in [-0.39, 0.29) is 18.0 Å². The lowest BCUT2D eigenvalue weighted by molar-refractivity contribution is -0.142. The van der Waals surface area contributed by atoms with Gasteiger partial charge in [-0.25, -0.2) is 4.68 Å². The van der Waals surface area contributed by atoms with E-state index in [4.69, 9.17) is 4.74 Å². The van der Waals surface area contributed by atoms with Crippen LogP contribution in [0, 0.1) is 0 Å². The lowest BCUT2D eigenvalue weighted by Crippen LogP contribution is -2.21. The summed E-state index contributed by atoms with van der Waals surface area (Å²) in [6, 6.07) is 0. The molecule has 0 spiro atoms. The van der Waals surface area contributed by atoms with Gasteiger partial charge in [-0.05, 0) is 0 Å². The molecule has 1 heterocycles. The Hall–Kier alpha value is -1.73. The van der Waals surface area contributed by atoms with E-state index >= 15 is 0 Å². The molecule has 1 amide bonds. The molecule has 0 aliphatic rings. The second-order valence-corrected chi connectivity index (χ2v) is 3.37. The Bertz CT molecular complexity index is 426. The highest BCUT2D eigenvalue weighted by atomic mass is 19.4. The number of ether oxygens (including phenoxy) is 1. The van der Waals surface area contributed by atoms with Crippen molar-refractivity contribution in [2.45, 2.75) is 19.6 Å². The number of carbonyl (C=O) groups is 1. The molecule has 8 heteroatoms. The van der Waals surface area contributed by atoms with Gasteiger partial charge < -0.3 is 10.1 Å². The minimum absolute atomic E-state index is 0.0222. The summed E-state index contributed by atoms with van der Waals surface area (Å²) in [5.41, 5.74) is -1.23. The molecule has 0 saturated carbocycles. The highest BCUT2D eigenvalue weighted by molar-refractivity contribution is 5.72. The van der Waals surface area contributed by atoms with E-state index in [9.17, 15) is 18.0 Å². The molecule has 0 fully saturated rings. The first kappa shape index (κ1) is 13.3. The maximum Gasteiger partial charge on any atom is 0.435 e. The normalized spacial score (nSPS) is 11.4. The molecule has 1 aromatic heterocycles. The third kappa shape index (κ3) is 2.89. The summed E-state index contributed by atoms with van der Waals surface area (Å²) in [5, 5.41) is 5.64. The highest BCUT2D eigenvalue weighted by Crippen LogP contribution is 2.35. The van der Waals surface area contributed by atoms with Crippen LogP contribution in [0.4, 0.5) is 13.2 Å². The Kier molecular flexibility index (Phi) is 3.64. The number of aryl methyl sites for hydroxylation is 1. The smallest absolute Gasteiger partial charge is 0.435 e. The SMILES string of the molecule is COc1c(CNC(C)=O)c(C(F)(F)F)nn1C. The van der Waals surface area contributed by atoms with Gasteiger partial charge in [0.05, 0.1) is 19.2 Å². The van der Waals surface area contributed by atoms with Gasteiger partial charge in [0.25, 0.3) is 0 Å². The molecule has 1 N–H and O–H groups in total. The number of hydrogen-bond acceptors (Lipinski definition) is 3. The predicted molar refractivity (Wildman–Crippen MR) is 52.3 cm³/mol. The van der Waals surface area contributed by atoms with Crippen LogP contribution < -0.4 is 10.1 Å². The van der Waals surface area contributed by atoms with Crippen molar-refractivity contribution in [2.24, 2.45) is 7.05 Å². The summed E-state index contributed by atoms with van der Waals surface area (Å²) in [6.45, 7) is 0.942. The predicted octanol–water partition coefficient (Wildman–Crippen LogP) is 1.08. The van der Waals surface area contributed by atoms with E-state index < -0.39 is 17.8 Å². The number of methoxy groups -OCH3 is 1. The first-order valence-electron chi connectivity index (χ1n) is 4.68. The van der Waals surface area contributed by atoms with E-state index in [1.54, 1.807) is 0 Å². The van der Waals surface area contributed by atoms with Gasteiger partial charge in [0.15, 0.2) is 5.69 Å². The van der Waals surface area contributed by atoms with Crippen LogP contribution in [-0.4, -0.2) is 22.8 Å². The fourth-order valence-corrected chi connectivity index (χ4v) is 1.41. The molecule has 0 aliphatic carbocycles. The quantitative estimate of drug-likeness (QED) is 0.874. The second-order valence-electron chi connectivity index (χ2n) is 3.37. The van der Waals surface area contributed by atoms with E-state index in [0.717, 1.165) is 4.68 Å². The monoisotopic (exact) mass is 251 g/mol. The van der Waals surface area contributed by atoms with Crippen molar-refractivity contribution in [1.82, 2.24) is 15.1 Å². The Morgan fingerprint density at radius 3 is 2.53 bits per heavy atom. The number of rotatable bonds is 3. The zero-order valence-electron chi connectivity index (χ0n) is 9.55. The molecule has 5 nitrogen and oxygen atoms in total. The van der Waals surface area contributed by atoms with Crippen LogP contribution in [0.1, 0.15) is 18.2 Å². The molecular formula is C9H12F3N3O2. The number of alkyl halides is 3. The maximum atomic E-state index is 12.7. The lowest BCUT2D eigenvalue weighted by Gasteiger charge is -2.08. The van der Waals surface area contributed by atoms with Crippen LogP contribution in [0.3, 0.4) is 0 Å². The molecule has 0 aliphatic heterocycles. The molecule has 96 valence electrons. The van der Waals surface area contributed by atoms with E-state index in [1.807, 2.05) is 0 Å². The minimum Gasteiger partial charge on any atom is -0.481 e. The van der Waals surface area contributed by atoms with Crippen molar-refractivity contribution in [3.05, 3.63) is 11.3 Å². The largest absolute Gasteiger partial charge is 0.481 e. The van der Waals surface area contributed by atoms with Crippen LogP contribution in [-0.2, 0) is 24.6 Å². The van der Waals surface area contributed by atoms with Crippen molar-refractivity contribution in [2.75, 3.05) is 7.11 Å². The maximum absolute atomic E-state index is 12.7. The van der Waals surface area contributed by atoms with Gasteiger partial charge >= 0.3 is 6.18 Å². The zero-order chi connectivity index (χ0) is 13.2. The van der Waals surface area contributed by atoms with Crippen LogP contribution in [0.2, 0.25) is 0 Å². The van der Waals surface area contributed by atoms with Crippen LogP contribution >= 0.6 is 0 Å². The van der Waals surface area contributed by atoms with E-state index in [2.05, 4.69) is 10.4 Å². The Balaban J connectivity index is 3.17. The van der Waals surface area contributed by atoms with Crippen molar-refractivity contribution >= 4 is 5.91 Å². The lowest BCUT2D eigenvalue weighted by atomic mass is 10.2. The van der Waals surface area contributed by atoms with Gasteiger partial charge in [-0.1, -0.05) is 0 Å². The molecule has 17 heavy (non-hydrogen) atoms. The van der Waals surface area contributed by atoms with Gasteiger partial charge in [-0.3, -0.25) is 4.79 Å². The third-order valence-corrected chi connectivity index (χ3v) is 2.06. The molecular weight excluding hydrogens is 239 g/mol. The summed E-state index contributed by atoms with van der Waals surface area (Å²) in [7, 11) is 2.58. The summed E-state index contributed by atoms with van der Waals surface area (Å²) in [5.74, 6) is -0.449. The molecule has 0 atom stereocenters. The van der Waals surface area contributed by atoms with Gasteiger partial charge in [0.2, 0.25) is 11.8 Å². The van der Waals surface area contributed by atoms with Crippen LogP contribution in [0.15, 0.2) is 0 Å². The standard InChI is InChI=1S/C9H12F3N3O2/c1-5(16)13-4-6-7(9(10,11)12)14-15(2)8(6)17-3/h4H2,1-3H3,(H,13,16). The Morgan fingerprint density at radius 1 is 1.53 bits per heavy atom. The fraction of sp³-hybridized carbons (Fsp3) is 0.556. The van der Waals surface area contributed by atoms with Gasteiger partial charge in [0.1, 0.15) is 0 Å². The average Bonchev–Trinajstić information content (AvgIpc) is 2.51. The summed E-state index contributed by atoms with van der Waals surface area (Å²) in [6.07, 6.45) is -4.58. The van der Waals surface area contributed by atoms with Crippen molar-refractivity contribution in [3.8, 4) is 5.88 Å². The molecule has 1 rings (SSSR count). The topological polar surface area (TPSA) is 56.1 Å². The summed E-state index contributed by atoms with van der Waals surface area (Å²) >= 11 is 0. The van der Waals surface area contributed by atoms with Crippen molar-refractivity contribution in [3.63, 3.8) is 0 Å².